The number of imidazole rings is 1. The van der Waals surface area contributed by atoms with E-state index in [0.29, 0.717) is 30.4 Å². The molecule has 12 nitrogen and oxygen atoms in total. The van der Waals surface area contributed by atoms with Gasteiger partial charge in [0.25, 0.3) is 0 Å². The Hall–Kier alpha value is -4.87. The highest BCUT2D eigenvalue weighted by Crippen LogP contribution is 2.32. The van der Waals surface area contributed by atoms with E-state index in [1.165, 1.54) is 4.90 Å². The van der Waals surface area contributed by atoms with Crippen molar-refractivity contribution in [1.29, 1.82) is 0 Å². The molecule has 0 saturated carbocycles. The molecule has 0 fully saturated rings. The van der Waals surface area contributed by atoms with Gasteiger partial charge in [0, 0.05) is 36.4 Å². The zero-order valence-electron chi connectivity index (χ0n) is 23.9. The fourth-order valence-corrected chi connectivity index (χ4v) is 4.95. The van der Waals surface area contributed by atoms with Crippen LogP contribution >= 0.6 is 0 Å². The monoisotopic (exact) mass is 573 g/mol. The number of methoxy groups -OCH3 is 1. The maximum atomic E-state index is 13.5. The number of hydrogen-bond donors (Lipinski definition) is 2. The van der Waals surface area contributed by atoms with Gasteiger partial charge in [-0.1, -0.05) is 32.0 Å². The van der Waals surface area contributed by atoms with Crippen LogP contribution in [0.25, 0.3) is 22.3 Å². The summed E-state index contributed by atoms with van der Waals surface area (Å²) in [6, 6.07) is 12.3. The number of nitrogens with one attached hydrogen (secondary N) is 2. The summed E-state index contributed by atoms with van der Waals surface area (Å²) in [6.45, 7) is 4.45. The minimum absolute atomic E-state index is 0.0592. The van der Waals surface area contributed by atoms with Gasteiger partial charge in [0.2, 0.25) is 17.7 Å². The quantitative estimate of drug-likeness (QED) is 0.382. The second-order valence-electron chi connectivity index (χ2n) is 10.4. The van der Waals surface area contributed by atoms with E-state index < -0.39 is 11.9 Å². The lowest BCUT2D eigenvalue weighted by atomic mass is 10.0. The molecular weight excluding hydrogens is 538 g/mol. The van der Waals surface area contributed by atoms with E-state index in [1.54, 1.807) is 30.3 Å². The van der Waals surface area contributed by atoms with E-state index in [2.05, 4.69) is 20.7 Å². The molecule has 1 aliphatic heterocycles. The van der Waals surface area contributed by atoms with Gasteiger partial charge in [-0.3, -0.25) is 19.1 Å². The van der Waals surface area contributed by atoms with Gasteiger partial charge in [-0.15, -0.1) is 0 Å². The molecule has 1 atom stereocenters. The molecule has 2 aromatic heterocycles. The standard InChI is InChI=1S/C30H35N7O5/c1-20(2)28-30(40)32-11-13-35-12-10-31-29(35)21-8-9-24(41-3)25(16-21)42-15-14-36(18-26(38)34-28)27(39)19-37-23-7-5-4-6-22(23)17-33-37/h4-10,12,16-17,20,28H,11,13-15,18-19H2,1-3H3,(H,32,40)(H,34,38)/t28-/m1/s1. The summed E-state index contributed by atoms with van der Waals surface area (Å²) in [5.74, 6) is 0.504. The van der Waals surface area contributed by atoms with E-state index in [1.807, 2.05) is 61.0 Å². The first-order valence-electron chi connectivity index (χ1n) is 13.9. The number of para-hydroxylation sites is 1. The Bertz CT molecular complexity index is 1580. The molecule has 3 amide bonds. The van der Waals surface area contributed by atoms with Crippen molar-refractivity contribution in [3.8, 4) is 22.9 Å². The highest BCUT2D eigenvalue weighted by Gasteiger charge is 2.26. The Labute approximate surface area is 243 Å². The zero-order valence-corrected chi connectivity index (χ0v) is 23.9. The number of rotatable bonds is 4. The third-order valence-corrected chi connectivity index (χ3v) is 7.20. The van der Waals surface area contributed by atoms with Crippen LogP contribution in [0.15, 0.2) is 61.1 Å². The van der Waals surface area contributed by atoms with Crippen LogP contribution in [0.2, 0.25) is 0 Å². The number of nitrogens with zero attached hydrogens (tertiary/aromatic N) is 5. The number of hydrogen-bond acceptors (Lipinski definition) is 7. The van der Waals surface area contributed by atoms with Gasteiger partial charge in [-0.05, 0) is 30.2 Å². The van der Waals surface area contributed by atoms with E-state index in [9.17, 15) is 14.4 Å². The second-order valence-corrected chi connectivity index (χ2v) is 10.4. The highest BCUT2D eigenvalue weighted by atomic mass is 16.5. The lowest BCUT2D eigenvalue weighted by Gasteiger charge is -2.26. The SMILES string of the molecule is COc1ccc2cc1OCCN(C(=O)Cn1ncc3ccccc31)CC(=O)N[C@H](C(C)C)C(=O)NCCn1ccnc1-2. The first-order valence-corrected chi connectivity index (χ1v) is 13.9. The van der Waals surface area contributed by atoms with Crippen LogP contribution in [0.3, 0.4) is 0 Å². The first kappa shape index (κ1) is 28.7. The molecule has 3 heterocycles. The summed E-state index contributed by atoms with van der Waals surface area (Å²) >= 11 is 0. The summed E-state index contributed by atoms with van der Waals surface area (Å²) in [5, 5.41) is 11.0. The number of fused-ring (bicyclic) bond motifs is 5. The van der Waals surface area contributed by atoms with E-state index >= 15 is 0 Å². The maximum absolute atomic E-state index is 13.5. The van der Waals surface area contributed by atoms with Gasteiger partial charge in [-0.2, -0.15) is 5.10 Å². The number of aromatic nitrogens is 4. The number of benzene rings is 2. The van der Waals surface area contributed by atoms with Crippen molar-refractivity contribution in [1.82, 2.24) is 34.9 Å². The molecule has 2 bridgehead atoms. The van der Waals surface area contributed by atoms with Crippen molar-refractivity contribution in [3.63, 3.8) is 0 Å². The third-order valence-electron chi connectivity index (χ3n) is 7.20. The average Bonchev–Trinajstić information content (AvgIpc) is 3.62. The number of ether oxygens (including phenoxy) is 2. The smallest absolute Gasteiger partial charge is 0.244 e. The van der Waals surface area contributed by atoms with Crippen molar-refractivity contribution >= 4 is 28.6 Å². The Kier molecular flexibility index (Phi) is 8.70. The zero-order chi connectivity index (χ0) is 29.6. The van der Waals surface area contributed by atoms with Crippen LogP contribution < -0.4 is 20.1 Å². The molecule has 42 heavy (non-hydrogen) atoms. The molecule has 12 heteroatoms. The van der Waals surface area contributed by atoms with E-state index in [4.69, 9.17) is 9.47 Å². The largest absolute Gasteiger partial charge is 0.493 e. The predicted octanol–water partition coefficient (Wildman–Crippen LogP) is 2.09. The molecule has 0 radical (unpaired) electrons. The van der Waals surface area contributed by atoms with Crippen molar-refractivity contribution in [3.05, 3.63) is 61.1 Å². The summed E-state index contributed by atoms with van der Waals surface area (Å²) in [5.41, 5.74) is 1.62. The lowest BCUT2D eigenvalue weighted by Crippen LogP contribution is -2.53. The second kappa shape index (κ2) is 12.8. The van der Waals surface area contributed by atoms with Gasteiger partial charge in [-0.25, -0.2) is 4.98 Å². The summed E-state index contributed by atoms with van der Waals surface area (Å²) in [7, 11) is 1.56. The Morgan fingerprint density at radius 2 is 2.00 bits per heavy atom. The molecule has 2 N–H and O–H groups in total. The topological polar surface area (TPSA) is 133 Å². The van der Waals surface area contributed by atoms with Gasteiger partial charge in [0.15, 0.2) is 11.5 Å². The molecular formula is C30H35N7O5. The van der Waals surface area contributed by atoms with Crippen LogP contribution in [0, 0.1) is 5.92 Å². The molecule has 1 aliphatic rings. The van der Waals surface area contributed by atoms with Gasteiger partial charge >= 0.3 is 0 Å². The fourth-order valence-electron chi connectivity index (χ4n) is 4.95. The molecule has 0 saturated heterocycles. The van der Waals surface area contributed by atoms with Gasteiger partial charge in [0.1, 0.15) is 25.0 Å². The molecule has 0 aliphatic carbocycles. The van der Waals surface area contributed by atoms with Gasteiger partial charge in [0.05, 0.1) is 31.9 Å². The fraction of sp³-hybridized carbons (Fsp3) is 0.367. The minimum atomic E-state index is -0.766. The first-order chi connectivity index (χ1) is 20.3. The van der Waals surface area contributed by atoms with Crippen molar-refractivity contribution in [2.24, 2.45) is 5.92 Å². The van der Waals surface area contributed by atoms with Crippen LogP contribution in [-0.4, -0.2) is 81.3 Å². The van der Waals surface area contributed by atoms with Crippen LogP contribution in [0.5, 0.6) is 11.5 Å². The van der Waals surface area contributed by atoms with Crippen LogP contribution in [0.4, 0.5) is 0 Å². The normalized spacial score (nSPS) is 16.8. The highest BCUT2D eigenvalue weighted by molar-refractivity contribution is 5.90. The maximum Gasteiger partial charge on any atom is 0.244 e. The number of amides is 3. The van der Waals surface area contributed by atoms with Gasteiger partial charge < -0.3 is 29.6 Å². The predicted molar refractivity (Wildman–Crippen MR) is 156 cm³/mol. The van der Waals surface area contributed by atoms with Crippen molar-refractivity contribution < 1.29 is 23.9 Å². The van der Waals surface area contributed by atoms with Crippen molar-refractivity contribution in [2.45, 2.75) is 33.0 Å². The molecule has 5 rings (SSSR count). The summed E-state index contributed by atoms with van der Waals surface area (Å²) in [6.07, 6.45) is 5.24. The van der Waals surface area contributed by atoms with Crippen LogP contribution in [-0.2, 0) is 27.5 Å². The van der Waals surface area contributed by atoms with E-state index in [0.717, 1.165) is 16.5 Å². The Morgan fingerprint density at radius 3 is 2.81 bits per heavy atom. The molecule has 2 aromatic carbocycles. The Balaban J connectivity index is 1.43. The number of carbonyl (C=O) groups excluding carboxylic acids is 3. The summed E-state index contributed by atoms with van der Waals surface area (Å²) in [4.78, 5) is 45.8. The number of carbonyl (C=O) groups is 3. The molecule has 0 spiro atoms. The minimum Gasteiger partial charge on any atom is -0.493 e. The van der Waals surface area contributed by atoms with Crippen LogP contribution in [0.1, 0.15) is 13.8 Å². The summed E-state index contributed by atoms with van der Waals surface area (Å²) < 4.78 is 15.2. The van der Waals surface area contributed by atoms with Crippen molar-refractivity contribution in [2.75, 3.05) is 33.4 Å². The molecule has 4 aromatic rings. The van der Waals surface area contributed by atoms with E-state index in [-0.39, 0.29) is 44.0 Å². The Morgan fingerprint density at radius 1 is 1.17 bits per heavy atom. The lowest BCUT2D eigenvalue weighted by molar-refractivity contribution is -0.138. The molecule has 220 valence electrons. The average molecular weight is 574 g/mol. The third kappa shape index (κ3) is 6.37. The molecule has 0 unspecified atom stereocenters.